The maximum absolute atomic E-state index is 12.0. The van der Waals surface area contributed by atoms with Gasteiger partial charge in [-0.15, -0.1) is 5.10 Å². The molecule has 128 valence electrons. The molecular formula is C19H14N4O3. The first-order valence-electron chi connectivity index (χ1n) is 7.95. The summed E-state index contributed by atoms with van der Waals surface area (Å²) in [6.07, 6.45) is 3.28. The third-order valence-electron chi connectivity index (χ3n) is 3.72. The van der Waals surface area contributed by atoms with E-state index in [1.165, 1.54) is 6.26 Å². The van der Waals surface area contributed by atoms with Gasteiger partial charge < -0.3 is 14.6 Å². The first-order valence-corrected chi connectivity index (χ1v) is 7.95. The molecule has 2 aromatic carbocycles. The molecule has 0 unspecified atom stereocenters. The van der Waals surface area contributed by atoms with Crippen LogP contribution in [0.15, 0.2) is 71.6 Å². The average Bonchev–Trinajstić information content (AvgIpc) is 3.16. The maximum Gasteiger partial charge on any atom is 0.246 e. The number of hydrogen-bond donors (Lipinski definition) is 1. The van der Waals surface area contributed by atoms with Crippen LogP contribution in [-0.4, -0.2) is 21.3 Å². The Morgan fingerprint density at radius 3 is 2.73 bits per heavy atom. The van der Waals surface area contributed by atoms with Crippen LogP contribution in [-0.2, 0) is 11.2 Å². The zero-order chi connectivity index (χ0) is 17.8. The first kappa shape index (κ1) is 15.8. The smallest absolute Gasteiger partial charge is 0.246 e. The predicted molar refractivity (Wildman–Crippen MR) is 94.9 cm³/mol. The Balaban J connectivity index is 1.45. The van der Waals surface area contributed by atoms with Gasteiger partial charge in [0.25, 0.3) is 0 Å². The van der Waals surface area contributed by atoms with E-state index in [1.807, 2.05) is 24.3 Å². The van der Waals surface area contributed by atoms with E-state index < -0.39 is 0 Å². The number of nitrogens with zero attached hydrogens (tertiary/aromatic N) is 3. The molecule has 4 rings (SSSR count). The van der Waals surface area contributed by atoms with Crippen molar-refractivity contribution in [1.29, 1.82) is 0 Å². The van der Waals surface area contributed by atoms with Gasteiger partial charge in [0.05, 0.1) is 18.3 Å². The quantitative estimate of drug-likeness (QED) is 0.594. The number of rotatable bonds is 5. The summed E-state index contributed by atoms with van der Waals surface area (Å²) in [5.74, 6) is 0.864. The number of fused-ring (bicyclic) bond motifs is 1. The second kappa shape index (κ2) is 7.02. The summed E-state index contributed by atoms with van der Waals surface area (Å²) in [6.45, 7) is 0. The van der Waals surface area contributed by atoms with E-state index in [0.717, 1.165) is 10.8 Å². The maximum atomic E-state index is 12.0. The third kappa shape index (κ3) is 3.51. The molecule has 0 aliphatic heterocycles. The number of aromatic nitrogens is 3. The fraction of sp³-hybridized carbons (Fsp3) is 0.0526. The van der Waals surface area contributed by atoms with Crippen molar-refractivity contribution in [2.24, 2.45) is 0 Å². The minimum atomic E-state index is -0.174. The zero-order valence-electron chi connectivity index (χ0n) is 13.6. The Labute approximate surface area is 148 Å². The van der Waals surface area contributed by atoms with Crippen molar-refractivity contribution in [2.45, 2.75) is 6.42 Å². The number of carbonyl (C=O) groups is 1. The lowest BCUT2D eigenvalue weighted by atomic mass is 10.2. The van der Waals surface area contributed by atoms with Crippen LogP contribution >= 0.6 is 0 Å². The van der Waals surface area contributed by atoms with Gasteiger partial charge in [-0.05, 0) is 30.3 Å². The molecule has 1 N–H and O–H groups in total. The van der Waals surface area contributed by atoms with Gasteiger partial charge in [-0.2, -0.15) is 5.10 Å². The van der Waals surface area contributed by atoms with Gasteiger partial charge in [0, 0.05) is 22.5 Å². The highest BCUT2D eigenvalue weighted by molar-refractivity contribution is 5.92. The lowest BCUT2D eigenvalue weighted by Crippen LogP contribution is -2.14. The number of nitrogens with one attached hydrogen (secondary N) is 1. The highest BCUT2D eigenvalue weighted by Crippen LogP contribution is 2.27. The Bertz CT molecular complexity index is 1030. The Kier molecular flexibility index (Phi) is 4.26. The second-order valence-corrected chi connectivity index (χ2v) is 5.58. The van der Waals surface area contributed by atoms with Crippen LogP contribution in [0.1, 0.15) is 5.69 Å². The summed E-state index contributed by atoms with van der Waals surface area (Å²) in [7, 11) is 0. The summed E-state index contributed by atoms with van der Waals surface area (Å²) >= 11 is 0. The fourth-order valence-electron chi connectivity index (χ4n) is 2.49. The molecule has 2 aromatic heterocycles. The standard InChI is InChI=1S/C19H14N4O3/c24-18(11-15-9-10-25-23-15)21-14-5-7-16(8-6-14)26-19-17-4-2-1-3-13(17)12-20-22-19/h1-10,12H,11H2,(H,21,24). The van der Waals surface area contributed by atoms with Gasteiger partial charge in [-0.25, -0.2) is 0 Å². The lowest BCUT2D eigenvalue weighted by Gasteiger charge is -2.08. The Morgan fingerprint density at radius 1 is 1.08 bits per heavy atom. The number of anilines is 1. The molecule has 4 aromatic rings. The van der Waals surface area contributed by atoms with Gasteiger partial charge in [0.2, 0.25) is 11.8 Å². The molecular weight excluding hydrogens is 332 g/mol. The summed E-state index contributed by atoms with van der Waals surface area (Å²) in [6, 6.07) is 16.4. The summed E-state index contributed by atoms with van der Waals surface area (Å²) in [4.78, 5) is 12.0. The summed E-state index contributed by atoms with van der Waals surface area (Å²) < 4.78 is 10.5. The van der Waals surface area contributed by atoms with Crippen molar-refractivity contribution >= 4 is 22.4 Å². The van der Waals surface area contributed by atoms with Gasteiger partial charge in [-0.3, -0.25) is 4.79 Å². The van der Waals surface area contributed by atoms with Gasteiger partial charge in [0.1, 0.15) is 12.0 Å². The minimum Gasteiger partial charge on any atom is -0.437 e. The summed E-state index contributed by atoms with van der Waals surface area (Å²) in [5, 5.41) is 16.4. The Hall–Kier alpha value is -3.74. The van der Waals surface area contributed by atoms with Crippen molar-refractivity contribution in [2.75, 3.05) is 5.32 Å². The van der Waals surface area contributed by atoms with Gasteiger partial charge in [0.15, 0.2) is 0 Å². The molecule has 0 spiro atoms. The Morgan fingerprint density at radius 2 is 1.92 bits per heavy atom. The molecule has 2 heterocycles. The van der Waals surface area contributed by atoms with Gasteiger partial charge >= 0.3 is 0 Å². The summed E-state index contributed by atoms with van der Waals surface area (Å²) in [5.41, 5.74) is 1.24. The zero-order valence-corrected chi connectivity index (χ0v) is 13.6. The average molecular weight is 346 g/mol. The van der Waals surface area contributed by atoms with Crippen LogP contribution in [0.4, 0.5) is 5.69 Å². The van der Waals surface area contributed by atoms with Crippen molar-refractivity contribution in [3.8, 4) is 11.6 Å². The van der Waals surface area contributed by atoms with Crippen LogP contribution in [0.2, 0.25) is 0 Å². The van der Waals surface area contributed by atoms with E-state index in [0.29, 0.717) is 23.0 Å². The molecule has 26 heavy (non-hydrogen) atoms. The van der Waals surface area contributed by atoms with Crippen molar-refractivity contribution < 1.29 is 14.1 Å². The molecule has 0 radical (unpaired) electrons. The van der Waals surface area contributed by atoms with E-state index in [4.69, 9.17) is 9.26 Å². The molecule has 0 atom stereocenters. The minimum absolute atomic E-state index is 0.153. The van der Waals surface area contributed by atoms with Gasteiger partial charge in [-0.1, -0.05) is 23.4 Å². The number of carbonyl (C=O) groups excluding carboxylic acids is 1. The second-order valence-electron chi connectivity index (χ2n) is 5.58. The van der Waals surface area contributed by atoms with Crippen LogP contribution < -0.4 is 10.1 Å². The van der Waals surface area contributed by atoms with Crippen molar-refractivity contribution in [1.82, 2.24) is 15.4 Å². The number of ether oxygens (including phenoxy) is 1. The number of benzene rings is 2. The SMILES string of the molecule is O=C(Cc1ccon1)Nc1ccc(Oc2nncc3ccccc23)cc1. The monoisotopic (exact) mass is 346 g/mol. The largest absolute Gasteiger partial charge is 0.437 e. The highest BCUT2D eigenvalue weighted by atomic mass is 16.5. The number of hydrogen-bond acceptors (Lipinski definition) is 6. The van der Waals surface area contributed by atoms with Crippen LogP contribution in [0.25, 0.3) is 10.8 Å². The molecule has 0 saturated carbocycles. The van der Waals surface area contributed by atoms with Crippen LogP contribution in [0.3, 0.4) is 0 Å². The normalized spacial score (nSPS) is 10.6. The third-order valence-corrected chi connectivity index (χ3v) is 3.72. The first-order chi connectivity index (χ1) is 12.8. The molecule has 0 aliphatic rings. The molecule has 0 fully saturated rings. The van der Waals surface area contributed by atoms with E-state index in [2.05, 4.69) is 20.7 Å². The van der Waals surface area contributed by atoms with E-state index in [9.17, 15) is 4.79 Å². The van der Waals surface area contributed by atoms with Crippen LogP contribution in [0.5, 0.6) is 11.6 Å². The molecule has 0 saturated heterocycles. The molecule has 7 heteroatoms. The topological polar surface area (TPSA) is 90.1 Å². The van der Waals surface area contributed by atoms with E-state index in [1.54, 1.807) is 36.5 Å². The molecule has 1 amide bonds. The highest BCUT2D eigenvalue weighted by Gasteiger charge is 2.08. The van der Waals surface area contributed by atoms with E-state index in [-0.39, 0.29) is 12.3 Å². The van der Waals surface area contributed by atoms with Crippen LogP contribution in [0, 0.1) is 0 Å². The predicted octanol–water partition coefficient (Wildman–Crippen LogP) is 3.59. The fourth-order valence-corrected chi connectivity index (χ4v) is 2.49. The molecule has 0 aliphatic carbocycles. The van der Waals surface area contributed by atoms with Crippen molar-refractivity contribution in [3.63, 3.8) is 0 Å². The van der Waals surface area contributed by atoms with Crippen molar-refractivity contribution in [3.05, 3.63) is 72.8 Å². The molecule has 0 bridgehead atoms. The van der Waals surface area contributed by atoms with E-state index >= 15 is 0 Å². The molecule has 7 nitrogen and oxygen atoms in total. The number of amides is 1. The lowest BCUT2D eigenvalue weighted by molar-refractivity contribution is -0.115.